The summed E-state index contributed by atoms with van der Waals surface area (Å²) in [6.45, 7) is 2.16. The van der Waals surface area contributed by atoms with Crippen molar-refractivity contribution < 1.29 is 27.9 Å². The van der Waals surface area contributed by atoms with Crippen molar-refractivity contribution in [2.24, 2.45) is 5.41 Å². The number of benzene rings is 1. The SMILES string of the molecule is COc1ccc(C(=O)N2CCCC(C)(C(=O)O)C2)cc1S(=O)(=O)NC1CC1. The standard InChI is InChI=1S/C18H24N2O6S/c1-18(17(22)23)8-3-9-20(11-18)16(21)12-4-7-14(26-2)15(10-12)27(24,25)19-13-5-6-13/h4,7,10,13,19H,3,5-6,8-9,11H2,1-2H3,(H,22,23). The number of amides is 1. The summed E-state index contributed by atoms with van der Waals surface area (Å²) < 4.78 is 33.0. The first-order valence-electron chi connectivity index (χ1n) is 8.89. The second kappa shape index (κ2) is 7.12. The van der Waals surface area contributed by atoms with E-state index in [1.165, 1.54) is 30.2 Å². The molecule has 1 saturated carbocycles. The predicted octanol–water partition coefficient (Wildman–Crippen LogP) is 1.46. The molecule has 27 heavy (non-hydrogen) atoms. The molecule has 8 nitrogen and oxygen atoms in total. The van der Waals surface area contributed by atoms with Crippen LogP contribution in [0.4, 0.5) is 0 Å². The highest BCUT2D eigenvalue weighted by Crippen LogP contribution is 2.32. The van der Waals surface area contributed by atoms with Gasteiger partial charge in [-0.25, -0.2) is 13.1 Å². The molecule has 2 aliphatic rings. The Morgan fingerprint density at radius 1 is 1.33 bits per heavy atom. The minimum atomic E-state index is -3.80. The first-order valence-corrected chi connectivity index (χ1v) is 10.4. The highest BCUT2D eigenvalue weighted by Gasteiger charge is 2.40. The number of likely N-dealkylation sites (tertiary alicyclic amines) is 1. The molecular formula is C18H24N2O6S. The second-order valence-corrected chi connectivity index (χ2v) is 9.14. The summed E-state index contributed by atoms with van der Waals surface area (Å²) in [5.41, 5.74) is -0.801. The first kappa shape index (κ1) is 19.6. The van der Waals surface area contributed by atoms with Gasteiger partial charge in [-0.1, -0.05) is 0 Å². The Kier molecular flexibility index (Phi) is 5.18. The number of ether oxygens (including phenoxy) is 1. The average Bonchev–Trinajstić information content (AvgIpc) is 3.43. The predicted molar refractivity (Wildman–Crippen MR) is 97.2 cm³/mol. The number of rotatable bonds is 6. The van der Waals surface area contributed by atoms with Gasteiger partial charge in [-0.2, -0.15) is 0 Å². The largest absolute Gasteiger partial charge is 0.495 e. The Morgan fingerprint density at radius 2 is 2.04 bits per heavy atom. The van der Waals surface area contributed by atoms with Gasteiger partial charge in [0.25, 0.3) is 5.91 Å². The molecule has 1 amide bonds. The Morgan fingerprint density at radius 3 is 2.63 bits per heavy atom. The molecule has 1 atom stereocenters. The maximum atomic E-state index is 12.9. The van der Waals surface area contributed by atoms with Crippen LogP contribution in [0.25, 0.3) is 0 Å². The average molecular weight is 396 g/mol. The molecule has 1 unspecified atom stereocenters. The lowest BCUT2D eigenvalue weighted by atomic mass is 9.82. The lowest BCUT2D eigenvalue weighted by molar-refractivity contribution is -0.150. The number of nitrogens with zero attached hydrogens (tertiary/aromatic N) is 1. The van der Waals surface area contributed by atoms with E-state index in [1.807, 2.05) is 0 Å². The third-order valence-corrected chi connectivity index (χ3v) is 6.64. The number of nitrogens with one attached hydrogen (secondary N) is 1. The van der Waals surface area contributed by atoms with Crippen molar-refractivity contribution in [3.63, 3.8) is 0 Å². The van der Waals surface area contributed by atoms with E-state index < -0.39 is 21.4 Å². The van der Waals surface area contributed by atoms with Gasteiger partial charge < -0.3 is 14.7 Å². The van der Waals surface area contributed by atoms with Gasteiger partial charge in [0.1, 0.15) is 10.6 Å². The van der Waals surface area contributed by atoms with E-state index >= 15 is 0 Å². The van der Waals surface area contributed by atoms with Crippen LogP contribution in [0.15, 0.2) is 23.1 Å². The fourth-order valence-electron chi connectivity index (χ4n) is 3.27. The van der Waals surface area contributed by atoms with Crippen LogP contribution in [0.5, 0.6) is 5.75 Å². The Labute approximate surface area is 158 Å². The summed E-state index contributed by atoms with van der Waals surface area (Å²) in [5.74, 6) is -1.16. The van der Waals surface area contributed by atoms with Crippen molar-refractivity contribution in [2.75, 3.05) is 20.2 Å². The zero-order valence-electron chi connectivity index (χ0n) is 15.4. The molecule has 0 radical (unpaired) electrons. The van der Waals surface area contributed by atoms with Crippen LogP contribution in [-0.2, 0) is 14.8 Å². The second-order valence-electron chi connectivity index (χ2n) is 7.46. The summed E-state index contributed by atoms with van der Waals surface area (Å²) in [4.78, 5) is 25.8. The lowest BCUT2D eigenvalue weighted by Gasteiger charge is -2.37. The maximum absolute atomic E-state index is 12.9. The number of aliphatic carboxylic acids is 1. The molecule has 2 fully saturated rings. The van der Waals surface area contributed by atoms with Crippen molar-refractivity contribution in [2.45, 2.75) is 43.5 Å². The van der Waals surface area contributed by atoms with Crippen LogP contribution in [0.3, 0.4) is 0 Å². The van der Waals surface area contributed by atoms with Crippen LogP contribution >= 0.6 is 0 Å². The molecule has 1 aliphatic heterocycles. The molecule has 2 N–H and O–H groups in total. The van der Waals surface area contributed by atoms with Crippen molar-refractivity contribution in [3.8, 4) is 5.75 Å². The number of sulfonamides is 1. The quantitative estimate of drug-likeness (QED) is 0.753. The maximum Gasteiger partial charge on any atom is 0.311 e. The van der Waals surface area contributed by atoms with E-state index in [9.17, 15) is 23.1 Å². The number of hydrogen-bond donors (Lipinski definition) is 2. The molecule has 9 heteroatoms. The van der Waals surface area contributed by atoms with E-state index in [-0.39, 0.29) is 34.7 Å². The van der Waals surface area contributed by atoms with Crippen molar-refractivity contribution in [1.29, 1.82) is 0 Å². The van der Waals surface area contributed by atoms with Gasteiger partial charge in [0, 0.05) is 24.7 Å². The zero-order chi connectivity index (χ0) is 19.8. The Bertz CT molecular complexity index is 865. The summed E-state index contributed by atoms with van der Waals surface area (Å²) in [5, 5.41) is 9.43. The number of carboxylic acids is 1. The number of carbonyl (C=O) groups is 2. The van der Waals surface area contributed by atoms with Gasteiger partial charge in [-0.05, 0) is 50.8 Å². The molecule has 0 aromatic heterocycles. The summed E-state index contributed by atoms with van der Waals surface area (Å²) in [7, 11) is -2.43. The Balaban J connectivity index is 1.89. The van der Waals surface area contributed by atoms with E-state index in [0.717, 1.165) is 12.8 Å². The summed E-state index contributed by atoms with van der Waals surface area (Å²) in [6, 6.07) is 4.19. The third-order valence-electron chi connectivity index (χ3n) is 5.10. The third kappa shape index (κ3) is 4.08. The van der Waals surface area contributed by atoms with Gasteiger partial charge in [0.2, 0.25) is 10.0 Å². The van der Waals surface area contributed by atoms with Crippen molar-refractivity contribution in [3.05, 3.63) is 23.8 Å². The summed E-state index contributed by atoms with van der Waals surface area (Å²) >= 11 is 0. The number of methoxy groups -OCH3 is 1. The topological polar surface area (TPSA) is 113 Å². The van der Waals surface area contributed by atoms with Gasteiger partial charge in [0.15, 0.2) is 0 Å². The molecule has 3 rings (SSSR count). The van der Waals surface area contributed by atoms with Crippen LogP contribution in [0.1, 0.15) is 43.0 Å². The van der Waals surface area contributed by atoms with Gasteiger partial charge in [0.05, 0.1) is 12.5 Å². The molecule has 0 spiro atoms. The van der Waals surface area contributed by atoms with E-state index in [0.29, 0.717) is 19.4 Å². The number of carbonyl (C=O) groups excluding carboxylic acids is 1. The molecule has 1 aliphatic carbocycles. The van der Waals surface area contributed by atoms with Gasteiger partial charge in [-0.3, -0.25) is 9.59 Å². The molecule has 1 saturated heterocycles. The van der Waals surface area contributed by atoms with E-state index in [1.54, 1.807) is 6.92 Å². The van der Waals surface area contributed by atoms with E-state index in [2.05, 4.69) is 4.72 Å². The fourth-order valence-corrected chi connectivity index (χ4v) is 4.77. The fraction of sp³-hybridized carbons (Fsp3) is 0.556. The number of carboxylic acid groups (broad SMARTS) is 1. The van der Waals surface area contributed by atoms with Crippen LogP contribution in [0.2, 0.25) is 0 Å². The van der Waals surface area contributed by atoms with Crippen molar-refractivity contribution >= 4 is 21.9 Å². The molecule has 1 heterocycles. The Hall–Kier alpha value is -2.13. The van der Waals surface area contributed by atoms with Gasteiger partial charge in [-0.15, -0.1) is 0 Å². The molecule has 0 bridgehead atoms. The van der Waals surface area contributed by atoms with Crippen LogP contribution in [0, 0.1) is 5.41 Å². The smallest absolute Gasteiger partial charge is 0.311 e. The zero-order valence-corrected chi connectivity index (χ0v) is 16.2. The monoisotopic (exact) mass is 396 g/mol. The molecular weight excluding hydrogens is 372 g/mol. The highest BCUT2D eigenvalue weighted by molar-refractivity contribution is 7.89. The minimum Gasteiger partial charge on any atom is -0.495 e. The summed E-state index contributed by atoms with van der Waals surface area (Å²) in [6.07, 6.45) is 2.67. The molecule has 1 aromatic rings. The van der Waals surface area contributed by atoms with E-state index in [4.69, 9.17) is 4.74 Å². The number of hydrogen-bond acceptors (Lipinski definition) is 5. The highest BCUT2D eigenvalue weighted by atomic mass is 32.2. The molecule has 1 aromatic carbocycles. The van der Waals surface area contributed by atoms with Crippen molar-refractivity contribution in [1.82, 2.24) is 9.62 Å². The van der Waals surface area contributed by atoms with Crippen LogP contribution < -0.4 is 9.46 Å². The minimum absolute atomic E-state index is 0.0718. The van der Waals surface area contributed by atoms with Gasteiger partial charge >= 0.3 is 5.97 Å². The van der Waals surface area contributed by atoms with Crippen LogP contribution in [-0.4, -0.2) is 56.5 Å². The normalized spacial score (nSPS) is 23.1. The first-order chi connectivity index (χ1) is 12.7. The lowest BCUT2D eigenvalue weighted by Crippen LogP contribution is -2.48. The number of piperidine rings is 1. The molecule has 148 valence electrons.